The van der Waals surface area contributed by atoms with Gasteiger partial charge in [0.1, 0.15) is 12.7 Å². The Morgan fingerprint density at radius 3 is 2.80 bits per heavy atom. The van der Waals surface area contributed by atoms with Crippen LogP contribution in [-0.4, -0.2) is 32.8 Å². The van der Waals surface area contributed by atoms with Crippen LogP contribution in [0.3, 0.4) is 0 Å². The van der Waals surface area contributed by atoms with E-state index in [1.165, 1.54) is 18.4 Å². The van der Waals surface area contributed by atoms with Gasteiger partial charge in [-0.1, -0.05) is 28.1 Å². The number of nitrogens with zero attached hydrogens (tertiary/aromatic N) is 4. The minimum absolute atomic E-state index is 0.439. The fourth-order valence-corrected chi connectivity index (χ4v) is 3.17. The molecule has 1 aliphatic heterocycles. The fraction of sp³-hybridized carbons (Fsp3) is 0.467. The summed E-state index contributed by atoms with van der Waals surface area (Å²) in [6.45, 7) is 4.48. The Kier molecular flexibility index (Phi) is 4.17. The van der Waals surface area contributed by atoms with Crippen molar-refractivity contribution in [2.75, 3.05) is 13.1 Å². The Morgan fingerprint density at radius 2 is 2.10 bits per heavy atom. The maximum atomic E-state index is 4.29. The second-order valence-corrected chi connectivity index (χ2v) is 6.31. The van der Waals surface area contributed by atoms with Crippen molar-refractivity contribution in [3.63, 3.8) is 0 Å². The van der Waals surface area contributed by atoms with Crippen LogP contribution in [0.15, 0.2) is 41.4 Å². The SMILES string of the molecule is C[C@H](c1ccc(Br)cc1)N1CCC[C@H](n2cncn2)C1. The molecule has 4 nitrogen and oxygen atoms in total. The van der Waals surface area contributed by atoms with Crippen LogP contribution in [0.1, 0.15) is 37.4 Å². The molecular formula is C15H19BrN4. The number of halogens is 1. The first kappa shape index (κ1) is 13.8. The van der Waals surface area contributed by atoms with Gasteiger partial charge in [0.15, 0.2) is 0 Å². The molecule has 2 aromatic rings. The molecule has 2 atom stereocenters. The van der Waals surface area contributed by atoms with E-state index in [4.69, 9.17) is 0 Å². The highest BCUT2D eigenvalue weighted by molar-refractivity contribution is 9.10. The van der Waals surface area contributed by atoms with E-state index in [0.29, 0.717) is 12.1 Å². The van der Waals surface area contributed by atoms with Gasteiger partial charge in [-0.05, 0) is 44.0 Å². The standard InChI is InChI=1S/C15H19BrN4/c1-12(13-4-6-14(16)7-5-13)19-8-2-3-15(9-19)20-11-17-10-18-20/h4-7,10-12,15H,2-3,8-9H2,1H3/t12-,15+/m1/s1. The molecule has 1 saturated heterocycles. The quantitative estimate of drug-likeness (QED) is 0.862. The summed E-state index contributed by atoms with van der Waals surface area (Å²) in [5.41, 5.74) is 1.37. The number of hydrogen-bond acceptors (Lipinski definition) is 3. The van der Waals surface area contributed by atoms with Gasteiger partial charge in [0.05, 0.1) is 6.04 Å². The predicted molar refractivity (Wildman–Crippen MR) is 82.4 cm³/mol. The Bertz CT molecular complexity index is 538. The Labute approximate surface area is 127 Å². The molecule has 3 rings (SSSR count). The van der Waals surface area contributed by atoms with E-state index in [-0.39, 0.29) is 0 Å². The molecule has 0 bridgehead atoms. The third-order valence-electron chi connectivity index (χ3n) is 4.14. The Balaban J connectivity index is 1.71. The normalized spacial score (nSPS) is 21.8. The van der Waals surface area contributed by atoms with E-state index in [2.05, 4.69) is 62.1 Å². The fourth-order valence-electron chi connectivity index (χ4n) is 2.91. The van der Waals surface area contributed by atoms with Crippen molar-refractivity contribution in [3.8, 4) is 0 Å². The summed E-state index contributed by atoms with van der Waals surface area (Å²) in [6, 6.07) is 9.52. The second-order valence-electron chi connectivity index (χ2n) is 5.39. The van der Waals surface area contributed by atoms with Gasteiger partial charge in [-0.3, -0.25) is 4.90 Å². The lowest BCUT2D eigenvalue weighted by Gasteiger charge is -2.36. The smallest absolute Gasteiger partial charge is 0.137 e. The van der Waals surface area contributed by atoms with E-state index in [1.54, 1.807) is 6.33 Å². The van der Waals surface area contributed by atoms with Crippen LogP contribution >= 0.6 is 15.9 Å². The Hall–Kier alpha value is -1.20. The van der Waals surface area contributed by atoms with E-state index in [9.17, 15) is 0 Å². The lowest BCUT2D eigenvalue weighted by molar-refractivity contribution is 0.129. The zero-order valence-corrected chi connectivity index (χ0v) is 13.2. The van der Waals surface area contributed by atoms with Gasteiger partial charge >= 0.3 is 0 Å². The summed E-state index contributed by atoms with van der Waals surface area (Å²) < 4.78 is 3.13. The van der Waals surface area contributed by atoms with Crippen LogP contribution in [0.4, 0.5) is 0 Å². The summed E-state index contributed by atoms with van der Waals surface area (Å²) in [4.78, 5) is 6.60. The van der Waals surface area contributed by atoms with Gasteiger partial charge in [0.2, 0.25) is 0 Å². The monoisotopic (exact) mass is 334 g/mol. The van der Waals surface area contributed by atoms with Crippen LogP contribution in [-0.2, 0) is 0 Å². The molecular weight excluding hydrogens is 316 g/mol. The highest BCUT2D eigenvalue weighted by atomic mass is 79.9. The van der Waals surface area contributed by atoms with Crippen LogP contribution in [0.25, 0.3) is 0 Å². The molecule has 0 aliphatic carbocycles. The van der Waals surface area contributed by atoms with E-state index < -0.39 is 0 Å². The lowest BCUT2D eigenvalue weighted by atomic mass is 10.0. The molecule has 1 aromatic heterocycles. The minimum atomic E-state index is 0.439. The molecule has 0 spiro atoms. The summed E-state index contributed by atoms with van der Waals surface area (Å²) in [6.07, 6.45) is 5.86. The first-order valence-electron chi connectivity index (χ1n) is 7.07. The summed E-state index contributed by atoms with van der Waals surface area (Å²) in [5, 5.41) is 4.29. The molecule has 0 unspecified atom stereocenters. The van der Waals surface area contributed by atoms with Crippen LogP contribution in [0.2, 0.25) is 0 Å². The van der Waals surface area contributed by atoms with Crippen molar-refractivity contribution in [2.24, 2.45) is 0 Å². The van der Waals surface area contributed by atoms with Crippen molar-refractivity contribution in [1.29, 1.82) is 0 Å². The summed E-state index contributed by atoms with van der Waals surface area (Å²) in [5.74, 6) is 0. The third-order valence-corrected chi connectivity index (χ3v) is 4.67. The van der Waals surface area contributed by atoms with Crippen molar-refractivity contribution in [2.45, 2.75) is 31.8 Å². The van der Waals surface area contributed by atoms with E-state index >= 15 is 0 Å². The van der Waals surface area contributed by atoms with Gasteiger partial charge in [-0.2, -0.15) is 5.10 Å². The van der Waals surface area contributed by atoms with E-state index in [1.807, 2.05) is 11.0 Å². The zero-order valence-electron chi connectivity index (χ0n) is 11.6. The number of benzene rings is 1. The third kappa shape index (κ3) is 2.94. The van der Waals surface area contributed by atoms with Crippen LogP contribution < -0.4 is 0 Å². The van der Waals surface area contributed by atoms with Gasteiger partial charge in [0, 0.05) is 17.1 Å². The average molecular weight is 335 g/mol. The molecule has 2 heterocycles. The maximum absolute atomic E-state index is 4.29. The van der Waals surface area contributed by atoms with Crippen molar-refractivity contribution in [3.05, 3.63) is 47.0 Å². The second kappa shape index (κ2) is 6.06. The molecule has 106 valence electrons. The highest BCUT2D eigenvalue weighted by Gasteiger charge is 2.25. The topological polar surface area (TPSA) is 34.0 Å². The van der Waals surface area contributed by atoms with Gasteiger partial charge in [-0.25, -0.2) is 9.67 Å². The number of likely N-dealkylation sites (tertiary alicyclic amines) is 1. The van der Waals surface area contributed by atoms with Crippen LogP contribution in [0.5, 0.6) is 0 Å². The Morgan fingerprint density at radius 1 is 1.30 bits per heavy atom. The molecule has 0 saturated carbocycles. The van der Waals surface area contributed by atoms with Crippen molar-refractivity contribution in [1.82, 2.24) is 19.7 Å². The zero-order chi connectivity index (χ0) is 13.9. The highest BCUT2D eigenvalue weighted by Crippen LogP contribution is 2.28. The summed E-state index contributed by atoms with van der Waals surface area (Å²) in [7, 11) is 0. The molecule has 0 amide bonds. The summed E-state index contributed by atoms with van der Waals surface area (Å²) >= 11 is 3.49. The van der Waals surface area contributed by atoms with Crippen molar-refractivity contribution < 1.29 is 0 Å². The first-order chi connectivity index (χ1) is 9.74. The van der Waals surface area contributed by atoms with Gasteiger partial charge in [-0.15, -0.1) is 0 Å². The van der Waals surface area contributed by atoms with Crippen LogP contribution in [0, 0.1) is 0 Å². The van der Waals surface area contributed by atoms with Gasteiger partial charge < -0.3 is 0 Å². The number of aromatic nitrogens is 3. The maximum Gasteiger partial charge on any atom is 0.137 e. The van der Waals surface area contributed by atoms with Crippen molar-refractivity contribution >= 4 is 15.9 Å². The number of piperidine rings is 1. The average Bonchev–Trinajstić information content (AvgIpc) is 3.02. The molecule has 0 N–H and O–H groups in total. The molecule has 1 aliphatic rings. The number of rotatable bonds is 3. The molecule has 0 radical (unpaired) electrons. The lowest BCUT2D eigenvalue weighted by Crippen LogP contribution is -2.38. The van der Waals surface area contributed by atoms with E-state index in [0.717, 1.165) is 17.6 Å². The first-order valence-corrected chi connectivity index (χ1v) is 7.87. The number of hydrogen-bond donors (Lipinski definition) is 0. The van der Waals surface area contributed by atoms with Gasteiger partial charge in [0.25, 0.3) is 0 Å². The molecule has 1 fully saturated rings. The molecule has 20 heavy (non-hydrogen) atoms. The predicted octanol–water partition coefficient (Wildman–Crippen LogP) is 3.44. The minimum Gasteiger partial charge on any atom is -0.294 e. The molecule has 5 heteroatoms. The molecule has 1 aromatic carbocycles. The largest absolute Gasteiger partial charge is 0.294 e.